The molecule has 3 rings (SSSR count). The summed E-state index contributed by atoms with van der Waals surface area (Å²) in [5.74, 6) is 0.960. The molecule has 2 aliphatic carbocycles. The molecular weight excluding hydrogens is 224 g/mol. The minimum atomic E-state index is 0.662. The first kappa shape index (κ1) is 12.2. The van der Waals surface area contributed by atoms with E-state index in [0.717, 1.165) is 24.8 Å². The van der Waals surface area contributed by atoms with E-state index in [0.29, 0.717) is 5.41 Å². The molecule has 0 saturated heterocycles. The number of nitrogens with zero attached hydrogens (tertiary/aromatic N) is 3. The zero-order chi connectivity index (χ0) is 12.4. The second-order valence-electron chi connectivity index (χ2n) is 6.05. The summed E-state index contributed by atoms with van der Waals surface area (Å²) >= 11 is 0. The zero-order valence-corrected chi connectivity index (χ0v) is 11.4. The van der Waals surface area contributed by atoms with Gasteiger partial charge in [0.15, 0.2) is 5.82 Å². The van der Waals surface area contributed by atoms with Gasteiger partial charge in [-0.15, -0.1) is 0 Å². The Hall–Kier alpha value is -0.900. The van der Waals surface area contributed by atoms with Crippen LogP contribution < -0.4 is 5.32 Å². The lowest BCUT2D eigenvalue weighted by Crippen LogP contribution is -2.54. The van der Waals surface area contributed by atoms with Crippen LogP contribution in [0, 0.1) is 5.41 Å². The maximum atomic E-state index is 4.32. The largest absolute Gasteiger partial charge is 0.313 e. The quantitative estimate of drug-likeness (QED) is 0.887. The average molecular weight is 248 g/mol. The van der Waals surface area contributed by atoms with E-state index in [4.69, 9.17) is 0 Å². The fraction of sp³-hybridized carbons (Fsp3) is 0.857. The zero-order valence-electron chi connectivity index (χ0n) is 11.4. The van der Waals surface area contributed by atoms with Crippen molar-refractivity contribution < 1.29 is 0 Å². The SMILES string of the molecule is Cn1cnc(CCNC2CCC23CCCCC3)n1. The van der Waals surface area contributed by atoms with Gasteiger partial charge in [0.2, 0.25) is 0 Å². The molecule has 1 spiro atoms. The molecule has 0 radical (unpaired) electrons. The molecule has 0 bridgehead atoms. The molecule has 4 nitrogen and oxygen atoms in total. The molecule has 2 saturated carbocycles. The summed E-state index contributed by atoms with van der Waals surface area (Å²) in [6.07, 6.45) is 12.8. The van der Waals surface area contributed by atoms with E-state index >= 15 is 0 Å². The van der Waals surface area contributed by atoms with Gasteiger partial charge in [-0.1, -0.05) is 19.3 Å². The molecular formula is C14H24N4. The molecule has 1 atom stereocenters. The highest BCUT2D eigenvalue weighted by Crippen LogP contribution is 2.51. The molecule has 0 amide bonds. The molecule has 2 aliphatic rings. The lowest BCUT2D eigenvalue weighted by Gasteiger charge is -2.52. The third-order valence-electron chi connectivity index (χ3n) is 4.91. The van der Waals surface area contributed by atoms with Crippen LogP contribution in [0.2, 0.25) is 0 Å². The average Bonchev–Trinajstić information content (AvgIpc) is 2.80. The first-order chi connectivity index (χ1) is 8.78. The second-order valence-corrected chi connectivity index (χ2v) is 6.05. The van der Waals surface area contributed by atoms with Crippen molar-refractivity contribution in [3.05, 3.63) is 12.2 Å². The van der Waals surface area contributed by atoms with Gasteiger partial charge < -0.3 is 5.32 Å². The van der Waals surface area contributed by atoms with Crippen LogP contribution in [0.5, 0.6) is 0 Å². The van der Waals surface area contributed by atoms with Gasteiger partial charge in [-0.2, -0.15) is 5.10 Å². The Labute approximate surface area is 109 Å². The molecule has 0 aromatic carbocycles. The number of rotatable bonds is 4. The van der Waals surface area contributed by atoms with Crippen LogP contribution >= 0.6 is 0 Å². The van der Waals surface area contributed by atoms with Gasteiger partial charge in [0.1, 0.15) is 6.33 Å². The van der Waals surface area contributed by atoms with Gasteiger partial charge in [0.25, 0.3) is 0 Å². The van der Waals surface area contributed by atoms with Gasteiger partial charge in [0, 0.05) is 26.1 Å². The molecule has 1 aromatic heterocycles. The van der Waals surface area contributed by atoms with Crippen molar-refractivity contribution in [3.8, 4) is 0 Å². The Balaban J connectivity index is 1.46. The first-order valence-corrected chi connectivity index (χ1v) is 7.36. The molecule has 100 valence electrons. The highest BCUT2D eigenvalue weighted by atomic mass is 15.3. The number of aryl methyl sites for hydroxylation is 1. The summed E-state index contributed by atoms with van der Waals surface area (Å²) < 4.78 is 1.78. The summed E-state index contributed by atoms with van der Waals surface area (Å²) in [5.41, 5.74) is 0.662. The van der Waals surface area contributed by atoms with Crippen molar-refractivity contribution >= 4 is 0 Å². The number of hydrogen-bond donors (Lipinski definition) is 1. The Kier molecular flexibility index (Phi) is 3.37. The van der Waals surface area contributed by atoms with Gasteiger partial charge in [0.05, 0.1) is 0 Å². The summed E-state index contributed by atoms with van der Waals surface area (Å²) in [6, 6.07) is 0.765. The van der Waals surface area contributed by atoms with Crippen molar-refractivity contribution in [1.29, 1.82) is 0 Å². The van der Waals surface area contributed by atoms with E-state index in [9.17, 15) is 0 Å². The Morgan fingerprint density at radius 1 is 1.33 bits per heavy atom. The molecule has 0 aliphatic heterocycles. The highest BCUT2D eigenvalue weighted by molar-refractivity contribution is 5.01. The molecule has 18 heavy (non-hydrogen) atoms. The van der Waals surface area contributed by atoms with Crippen LogP contribution in [0.4, 0.5) is 0 Å². The lowest BCUT2D eigenvalue weighted by atomic mass is 9.57. The summed E-state index contributed by atoms with van der Waals surface area (Å²) in [6.45, 7) is 1.02. The minimum absolute atomic E-state index is 0.662. The third kappa shape index (κ3) is 2.30. The fourth-order valence-electron chi connectivity index (χ4n) is 3.73. The minimum Gasteiger partial charge on any atom is -0.313 e. The Bertz CT molecular complexity index is 392. The van der Waals surface area contributed by atoms with Crippen LogP contribution in [-0.2, 0) is 13.5 Å². The fourth-order valence-corrected chi connectivity index (χ4v) is 3.73. The predicted octanol–water partition coefficient (Wildman–Crippen LogP) is 2.06. The number of nitrogens with one attached hydrogen (secondary N) is 1. The van der Waals surface area contributed by atoms with E-state index in [-0.39, 0.29) is 0 Å². The van der Waals surface area contributed by atoms with Crippen molar-refractivity contribution in [1.82, 2.24) is 20.1 Å². The van der Waals surface area contributed by atoms with Crippen LogP contribution in [0.15, 0.2) is 6.33 Å². The van der Waals surface area contributed by atoms with Gasteiger partial charge in [-0.3, -0.25) is 4.68 Å². The smallest absolute Gasteiger partial charge is 0.151 e. The molecule has 2 fully saturated rings. The monoisotopic (exact) mass is 248 g/mol. The van der Waals surface area contributed by atoms with Gasteiger partial charge in [-0.05, 0) is 31.1 Å². The highest BCUT2D eigenvalue weighted by Gasteiger charge is 2.46. The number of hydrogen-bond acceptors (Lipinski definition) is 3. The van der Waals surface area contributed by atoms with E-state index in [1.165, 1.54) is 44.9 Å². The van der Waals surface area contributed by atoms with Crippen LogP contribution in [-0.4, -0.2) is 27.4 Å². The molecule has 4 heteroatoms. The van der Waals surface area contributed by atoms with E-state index in [1.807, 2.05) is 7.05 Å². The topological polar surface area (TPSA) is 42.7 Å². The van der Waals surface area contributed by atoms with Crippen molar-refractivity contribution in [2.45, 2.75) is 57.4 Å². The summed E-state index contributed by atoms with van der Waals surface area (Å²) in [7, 11) is 1.92. The molecule has 1 aromatic rings. The van der Waals surface area contributed by atoms with Crippen molar-refractivity contribution in [2.75, 3.05) is 6.54 Å². The van der Waals surface area contributed by atoms with E-state index in [1.54, 1.807) is 11.0 Å². The summed E-state index contributed by atoms with van der Waals surface area (Å²) in [5, 5.41) is 8.07. The van der Waals surface area contributed by atoms with Crippen molar-refractivity contribution in [3.63, 3.8) is 0 Å². The Morgan fingerprint density at radius 2 is 2.17 bits per heavy atom. The lowest BCUT2D eigenvalue weighted by molar-refractivity contribution is 0.0235. The normalized spacial score (nSPS) is 26.2. The maximum absolute atomic E-state index is 4.32. The van der Waals surface area contributed by atoms with Crippen LogP contribution in [0.25, 0.3) is 0 Å². The first-order valence-electron chi connectivity index (χ1n) is 7.36. The summed E-state index contributed by atoms with van der Waals surface area (Å²) in [4.78, 5) is 4.27. The van der Waals surface area contributed by atoms with Gasteiger partial charge in [-0.25, -0.2) is 4.98 Å². The predicted molar refractivity (Wildman–Crippen MR) is 71.2 cm³/mol. The van der Waals surface area contributed by atoms with E-state index in [2.05, 4.69) is 15.4 Å². The molecule has 1 heterocycles. The maximum Gasteiger partial charge on any atom is 0.151 e. The standard InChI is InChI=1S/C14H24N4/c1-18-11-16-13(17-18)6-10-15-12-5-9-14(12)7-3-2-4-8-14/h11-12,15H,2-10H2,1H3. The molecule has 1 N–H and O–H groups in total. The van der Waals surface area contributed by atoms with Gasteiger partial charge >= 0.3 is 0 Å². The Morgan fingerprint density at radius 3 is 2.78 bits per heavy atom. The third-order valence-corrected chi connectivity index (χ3v) is 4.91. The van der Waals surface area contributed by atoms with Crippen molar-refractivity contribution in [2.24, 2.45) is 12.5 Å². The van der Waals surface area contributed by atoms with Crippen LogP contribution in [0.1, 0.15) is 50.8 Å². The van der Waals surface area contributed by atoms with E-state index < -0.39 is 0 Å². The van der Waals surface area contributed by atoms with Crippen LogP contribution in [0.3, 0.4) is 0 Å². The second kappa shape index (κ2) is 5.00. The molecule has 1 unspecified atom stereocenters. The number of aromatic nitrogens is 3.